The molecule has 0 aliphatic carbocycles. The molecular weight excluding hydrogens is 342 g/mol. The minimum atomic E-state index is -3.32. The third-order valence-corrected chi connectivity index (χ3v) is 6.32. The molecule has 2 fully saturated rings. The molecule has 0 saturated carbocycles. The average Bonchev–Trinajstić information content (AvgIpc) is 2.38. The van der Waals surface area contributed by atoms with E-state index in [4.69, 9.17) is 0 Å². The molecule has 0 atom stereocenters. The Labute approximate surface area is 128 Å². The second-order valence-electron chi connectivity index (χ2n) is 5.22. The van der Waals surface area contributed by atoms with Crippen LogP contribution in [0.5, 0.6) is 0 Å². The van der Waals surface area contributed by atoms with E-state index in [1.807, 2.05) is 0 Å². The first-order chi connectivity index (χ1) is 9.57. The van der Waals surface area contributed by atoms with Gasteiger partial charge in [-0.3, -0.25) is 4.90 Å². The summed E-state index contributed by atoms with van der Waals surface area (Å²) in [7, 11) is -3.32. The highest BCUT2D eigenvalue weighted by Crippen LogP contribution is 2.25. The summed E-state index contributed by atoms with van der Waals surface area (Å²) in [5.74, 6) is 0. The summed E-state index contributed by atoms with van der Waals surface area (Å²) in [6.07, 6.45) is 0. The van der Waals surface area contributed by atoms with E-state index in [-0.39, 0.29) is 0 Å². The van der Waals surface area contributed by atoms with E-state index < -0.39 is 10.0 Å². The van der Waals surface area contributed by atoms with Crippen LogP contribution < -0.4 is 5.32 Å². The van der Waals surface area contributed by atoms with Gasteiger partial charge in [0, 0.05) is 49.8 Å². The van der Waals surface area contributed by atoms with E-state index in [0.29, 0.717) is 24.0 Å². The normalized spacial score (nSPS) is 22.6. The molecule has 0 bridgehead atoms. The fourth-order valence-electron chi connectivity index (χ4n) is 2.65. The van der Waals surface area contributed by atoms with Gasteiger partial charge in [0.1, 0.15) is 0 Å². The summed E-state index contributed by atoms with van der Waals surface area (Å²) in [5.41, 5.74) is 0. The molecule has 20 heavy (non-hydrogen) atoms. The van der Waals surface area contributed by atoms with Crippen LogP contribution in [0.4, 0.5) is 0 Å². The van der Waals surface area contributed by atoms with E-state index in [1.165, 1.54) is 0 Å². The molecule has 2 heterocycles. The zero-order valence-corrected chi connectivity index (χ0v) is 13.5. The SMILES string of the molecule is O=S(=O)(c1ccc(Br)cc1)N1CC(N2CCNCC2)C1. The molecule has 2 aliphatic rings. The minimum absolute atomic E-state index is 0.375. The predicted octanol–water partition coefficient (Wildman–Crippen LogP) is 0.727. The number of nitrogens with zero attached hydrogens (tertiary/aromatic N) is 2. The van der Waals surface area contributed by atoms with Crippen molar-refractivity contribution in [2.45, 2.75) is 10.9 Å². The number of rotatable bonds is 3. The summed E-state index contributed by atoms with van der Waals surface area (Å²) < 4.78 is 27.3. The van der Waals surface area contributed by atoms with Gasteiger partial charge in [-0.2, -0.15) is 4.31 Å². The lowest BCUT2D eigenvalue weighted by molar-refractivity contribution is 0.0773. The van der Waals surface area contributed by atoms with Gasteiger partial charge in [0.25, 0.3) is 0 Å². The van der Waals surface area contributed by atoms with Gasteiger partial charge in [-0.05, 0) is 24.3 Å². The Morgan fingerprint density at radius 3 is 2.30 bits per heavy atom. The summed E-state index contributed by atoms with van der Waals surface area (Å²) in [5, 5.41) is 3.31. The summed E-state index contributed by atoms with van der Waals surface area (Å²) in [6, 6.07) is 7.21. The minimum Gasteiger partial charge on any atom is -0.314 e. The molecule has 1 aromatic carbocycles. The molecule has 0 radical (unpaired) electrons. The van der Waals surface area contributed by atoms with Crippen molar-refractivity contribution in [3.63, 3.8) is 0 Å². The first-order valence-electron chi connectivity index (χ1n) is 6.78. The number of hydrogen-bond acceptors (Lipinski definition) is 4. The predicted molar refractivity (Wildman–Crippen MR) is 81.1 cm³/mol. The van der Waals surface area contributed by atoms with Crippen LogP contribution in [0.25, 0.3) is 0 Å². The summed E-state index contributed by atoms with van der Waals surface area (Å²) in [4.78, 5) is 2.75. The smallest absolute Gasteiger partial charge is 0.243 e. The molecule has 1 N–H and O–H groups in total. The van der Waals surface area contributed by atoms with Crippen LogP contribution in [0.1, 0.15) is 0 Å². The lowest BCUT2D eigenvalue weighted by Crippen LogP contribution is -2.63. The maximum absolute atomic E-state index is 12.4. The maximum Gasteiger partial charge on any atom is 0.243 e. The molecule has 5 nitrogen and oxygen atoms in total. The second-order valence-corrected chi connectivity index (χ2v) is 8.07. The van der Waals surface area contributed by atoms with Crippen LogP contribution in [0.2, 0.25) is 0 Å². The standard InChI is InChI=1S/C13H18BrN3O2S/c14-11-1-3-13(4-2-11)20(18,19)17-9-12(10-17)16-7-5-15-6-8-16/h1-4,12,15H,5-10H2. The highest BCUT2D eigenvalue weighted by atomic mass is 79.9. The van der Waals surface area contributed by atoms with E-state index in [1.54, 1.807) is 28.6 Å². The Morgan fingerprint density at radius 1 is 1.10 bits per heavy atom. The van der Waals surface area contributed by atoms with Gasteiger partial charge >= 0.3 is 0 Å². The molecule has 7 heteroatoms. The fourth-order valence-corrected chi connectivity index (χ4v) is 4.43. The van der Waals surface area contributed by atoms with Crippen LogP contribution in [0, 0.1) is 0 Å². The molecule has 0 unspecified atom stereocenters. The van der Waals surface area contributed by atoms with Crippen molar-refractivity contribution in [2.24, 2.45) is 0 Å². The molecule has 0 spiro atoms. The molecule has 2 aliphatic heterocycles. The van der Waals surface area contributed by atoms with Gasteiger partial charge in [-0.1, -0.05) is 15.9 Å². The van der Waals surface area contributed by atoms with E-state index in [0.717, 1.165) is 30.7 Å². The molecule has 3 rings (SSSR count). The van der Waals surface area contributed by atoms with Crippen LogP contribution in [-0.2, 0) is 10.0 Å². The van der Waals surface area contributed by atoms with E-state index in [2.05, 4.69) is 26.1 Å². The number of halogens is 1. The summed E-state index contributed by atoms with van der Waals surface area (Å²) in [6.45, 7) is 5.23. The quantitative estimate of drug-likeness (QED) is 0.864. The van der Waals surface area contributed by atoms with Gasteiger partial charge in [0.05, 0.1) is 4.90 Å². The monoisotopic (exact) mass is 359 g/mol. The highest BCUT2D eigenvalue weighted by Gasteiger charge is 2.39. The number of piperazine rings is 1. The zero-order valence-electron chi connectivity index (χ0n) is 11.1. The van der Waals surface area contributed by atoms with Gasteiger partial charge < -0.3 is 5.32 Å². The maximum atomic E-state index is 12.4. The van der Waals surface area contributed by atoms with Crippen LogP contribution in [-0.4, -0.2) is 62.9 Å². The van der Waals surface area contributed by atoms with Crippen molar-refractivity contribution in [3.8, 4) is 0 Å². The van der Waals surface area contributed by atoms with Gasteiger partial charge in [-0.25, -0.2) is 8.42 Å². The zero-order chi connectivity index (χ0) is 14.2. The van der Waals surface area contributed by atoms with Crippen molar-refractivity contribution in [1.29, 1.82) is 0 Å². The Balaban J connectivity index is 1.64. The lowest BCUT2D eigenvalue weighted by atomic mass is 10.1. The molecule has 0 amide bonds. The molecule has 110 valence electrons. The first kappa shape index (κ1) is 14.5. The third kappa shape index (κ3) is 2.78. The van der Waals surface area contributed by atoms with E-state index in [9.17, 15) is 8.42 Å². The van der Waals surface area contributed by atoms with Crippen molar-refractivity contribution < 1.29 is 8.42 Å². The van der Waals surface area contributed by atoms with Crippen LogP contribution >= 0.6 is 15.9 Å². The Morgan fingerprint density at radius 2 is 1.70 bits per heavy atom. The lowest BCUT2D eigenvalue weighted by Gasteiger charge is -2.45. The van der Waals surface area contributed by atoms with Crippen molar-refractivity contribution in [2.75, 3.05) is 39.3 Å². The molecule has 0 aromatic heterocycles. The van der Waals surface area contributed by atoms with Crippen molar-refractivity contribution in [1.82, 2.24) is 14.5 Å². The number of sulfonamides is 1. The Kier molecular flexibility index (Phi) is 4.14. The molecule has 1 aromatic rings. The number of nitrogens with one attached hydrogen (secondary N) is 1. The summed E-state index contributed by atoms with van der Waals surface area (Å²) >= 11 is 3.32. The van der Waals surface area contributed by atoms with Crippen molar-refractivity contribution >= 4 is 26.0 Å². The van der Waals surface area contributed by atoms with Crippen LogP contribution in [0.3, 0.4) is 0 Å². The number of benzene rings is 1. The Bertz CT molecular complexity index is 564. The second kappa shape index (κ2) is 5.73. The Hall–Kier alpha value is -0.470. The van der Waals surface area contributed by atoms with Crippen molar-refractivity contribution in [3.05, 3.63) is 28.7 Å². The first-order valence-corrected chi connectivity index (χ1v) is 9.01. The van der Waals surface area contributed by atoms with E-state index >= 15 is 0 Å². The largest absolute Gasteiger partial charge is 0.314 e. The van der Waals surface area contributed by atoms with Gasteiger partial charge in [0.15, 0.2) is 0 Å². The van der Waals surface area contributed by atoms with Gasteiger partial charge in [0.2, 0.25) is 10.0 Å². The number of hydrogen-bond donors (Lipinski definition) is 1. The highest BCUT2D eigenvalue weighted by molar-refractivity contribution is 9.10. The van der Waals surface area contributed by atoms with Gasteiger partial charge in [-0.15, -0.1) is 0 Å². The average molecular weight is 360 g/mol. The topological polar surface area (TPSA) is 52.7 Å². The fraction of sp³-hybridized carbons (Fsp3) is 0.538. The molecule has 2 saturated heterocycles. The third-order valence-electron chi connectivity index (χ3n) is 3.95. The van der Waals surface area contributed by atoms with Crippen LogP contribution in [0.15, 0.2) is 33.6 Å². The molecular formula is C13H18BrN3O2S.